The molecule has 0 atom stereocenters. The van der Waals surface area contributed by atoms with Gasteiger partial charge in [0.05, 0.1) is 18.3 Å². The van der Waals surface area contributed by atoms with Gasteiger partial charge in [-0.1, -0.05) is 25.7 Å². The van der Waals surface area contributed by atoms with Gasteiger partial charge in [-0.3, -0.25) is 4.68 Å². The SMILES string of the molecule is CCOC(=O)c1cc2c(C)nn(C3CCCCCC3)c2s1. The van der Waals surface area contributed by atoms with Crippen molar-refractivity contribution in [2.24, 2.45) is 0 Å². The van der Waals surface area contributed by atoms with Gasteiger partial charge in [0.15, 0.2) is 0 Å². The summed E-state index contributed by atoms with van der Waals surface area (Å²) >= 11 is 1.52. The first kappa shape index (κ1) is 14.6. The van der Waals surface area contributed by atoms with E-state index in [-0.39, 0.29) is 5.97 Å². The van der Waals surface area contributed by atoms with Crippen molar-refractivity contribution in [1.82, 2.24) is 9.78 Å². The quantitative estimate of drug-likeness (QED) is 0.620. The molecule has 1 fully saturated rings. The number of hydrogen-bond acceptors (Lipinski definition) is 4. The van der Waals surface area contributed by atoms with E-state index in [0.29, 0.717) is 17.5 Å². The Morgan fingerprint density at radius 2 is 2.10 bits per heavy atom. The highest BCUT2D eigenvalue weighted by atomic mass is 32.1. The van der Waals surface area contributed by atoms with Crippen molar-refractivity contribution in [2.75, 3.05) is 6.61 Å². The van der Waals surface area contributed by atoms with Gasteiger partial charge in [0.1, 0.15) is 9.71 Å². The predicted molar refractivity (Wildman–Crippen MR) is 85.0 cm³/mol. The van der Waals surface area contributed by atoms with Crippen LogP contribution < -0.4 is 0 Å². The molecule has 0 bridgehead atoms. The van der Waals surface area contributed by atoms with Crippen LogP contribution in [0, 0.1) is 6.92 Å². The Kier molecular flexibility index (Phi) is 4.29. The number of ether oxygens (including phenoxy) is 1. The maximum atomic E-state index is 11.9. The summed E-state index contributed by atoms with van der Waals surface area (Å²) in [6, 6.07) is 2.42. The van der Waals surface area contributed by atoms with Crippen molar-refractivity contribution in [2.45, 2.75) is 58.4 Å². The molecule has 114 valence electrons. The summed E-state index contributed by atoms with van der Waals surface area (Å²) in [6.45, 7) is 4.28. The van der Waals surface area contributed by atoms with Crippen LogP contribution in [0.5, 0.6) is 0 Å². The molecular formula is C16H22N2O2S. The number of rotatable bonds is 3. The highest BCUT2D eigenvalue weighted by molar-refractivity contribution is 7.20. The lowest BCUT2D eigenvalue weighted by atomic mass is 10.1. The second kappa shape index (κ2) is 6.18. The minimum Gasteiger partial charge on any atom is -0.462 e. The first-order chi connectivity index (χ1) is 10.2. The largest absolute Gasteiger partial charge is 0.462 e. The van der Waals surface area contributed by atoms with Crippen molar-refractivity contribution in [1.29, 1.82) is 0 Å². The second-order valence-corrected chi connectivity index (χ2v) is 6.76. The molecule has 2 heterocycles. The third-order valence-corrected chi connectivity index (χ3v) is 5.32. The first-order valence-corrected chi connectivity index (χ1v) is 8.68. The van der Waals surface area contributed by atoms with Gasteiger partial charge in [-0.15, -0.1) is 11.3 Å². The fourth-order valence-electron chi connectivity index (χ4n) is 3.12. The maximum Gasteiger partial charge on any atom is 0.348 e. The van der Waals surface area contributed by atoms with Gasteiger partial charge in [0, 0.05) is 5.39 Å². The lowest BCUT2D eigenvalue weighted by Crippen LogP contribution is -2.09. The number of fused-ring (bicyclic) bond motifs is 1. The Bertz CT molecular complexity index is 636. The van der Waals surface area contributed by atoms with Crippen molar-refractivity contribution in [3.63, 3.8) is 0 Å². The Morgan fingerprint density at radius 1 is 1.38 bits per heavy atom. The molecular weight excluding hydrogens is 284 g/mol. The highest BCUT2D eigenvalue weighted by Crippen LogP contribution is 2.35. The molecule has 3 rings (SSSR count). The van der Waals surface area contributed by atoms with Crippen LogP contribution in [-0.2, 0) is 4.74 Å². The van der Waals surface area contributed by atoms with Crippen LogP contribution >= 0.6 is 11.3 Å². The first-order valence-electron chi connectivity index (χ1n) is 7.86. The molecule has 0 N–H and O–H groups in total. The van der Waals surface area contributed by atoms with Gasteiger partial charge in [-0.05, 0) is 32.8 Å². The lowest BCUT2D eigenvalue weighted by molar-refractivity contribution is 0.0532. The molecule has 0 aromatic carbocycles. The molecule has 21 heavy (non-hydrogen) atoms. The number of carbonyl (C=O) groups excluding carboxylic acids is 1. The summed E-state index contributed by atoms with van der Waals surface area (Å²) in [5.41, 5.74) is 1.01. The van der Waals surface area contributed by atoms with Crippen molar-refractivity contribution >= 4 is 27.5 Å². The molecule has 1 saturated carbocycles. The predicted octanol–water partition coefficient (Wildman–Crippen LogP) is 4.48. The number of aryl methyl sites for hydroxylation is 1. The second-order valence-electron chi connectivity index (χ2n) is 5.73. The Morgan fingerprint density at radius 3 is 2.76 bits per heavy atom. The monoisotopic (exact) mass is 306 g/mol. The van der Waals surface area contributed by atoms with Crippen LogP contribution in [0.4, 0.5) is 0 Å². The highest BCUT2D eigenvalue weighted by Gasteiger charge is 2.22. The zero-order valence-corrected chi connectivity index (χ0v) is 13.5. The summed E-state index contributed by atoms with van der Waals surface area (Å²) in [4.78, 5) is 13.7. The van der Waals surface area contributed by atoms with Gasteiger partial charge in [0.2, 0.25) is 0 Å². The molecule has 0 radical (unpaired) electrons. The molecule has 2 aromatic heterocycles. The molecule has 2 aromatic rings. The Hall–Kier alpha value is -1.36. The van der Waals surface area contributed by atoms with E-state index in [4.69, 9.17) is 9.84 Å². The summed E-state index contributed by atoms with van der Waals surface area (Å²) in [5.74, 6) is -0.217. The fraction of sp³-hybridized carbons (Fsp3) is 0.625. The summed E-state index contributed by atoms with van der Waals surface area (Å²) in [6.07, 6.45) is 7.62. The molecule has 0 amide bonds. The molecule has 1 aliphatic carbocycles. The normalized spacial score (nSPS) is 17.0. The maximum absolute atomic E-state index is 11.9. The third kappa shape index (κ3) is 2.84. The number of hydrogen-bond donors (Lipinski definition) is 0. The zero-order chi connectivity index (χ0) is 14.8. The number of nitrogens with zero attached hydrogens (tertiary/aromatic N) is 2. The van der Waals surface area contributed by atoms with Crippen LogP contribution in [0.2, 0.25) is 0 Å². The topological polar surface area (TPSA) is 44.1 Å². The van der Waals surface area contributed by atoms with E-state index >= 15 is 0 Å². The number of aromatic nitrogens is 2. The molecule has 0 unspecified atom stereocenters. The Balaban J connectivity index is 1.96. The minimum atomic E-state index is -0.217. The van der Waals surface area contributed by atoms with Gasteiger partial charge in [0.25, 0.3) is 0 Å². The smallest absolute Gasteiger partial charge is 0.348 e. The Labute approximate surface area is 129 Å². The molecule has 0 saturated heterocycles. The van der Waals surface area contributed by atoms with Crippen LogP contribution in [0.3, 0.4) is 0 Å². The average Bonchev–Trinajstić information content (AvgIpc) is 2.90. The molecule has 1 aliphatic rings. The summed E-state index contributed by atoms with van der Waals surface area (Å²) in [7, 11) is 0. The van der Waals surface area contributed by atoms with Crippen molar-refractivity contribution in [3.05, 3.63) is 16.6 Å². The number of thiophene rings is 1. The van der Waals surface area contributed by atoms with E-state index in [9.17, 15) is 4.79 Å². The molecule has 0 spiro atoms. The van der Waals surface area contributed by atoms with E-state index in [2.05, 4.69) is 4.68 Å². The van der Waals surface area contributed by atoms with Crippen LogP contribution in [0.15, 0.2) is 6.07 Å². The lowest BCUT2D eigenvalue weighted by Gasteiger charge is -2.15. The summed E-state index contributed by atoms with van der Waals surface area (Å²) < 4.78 is 7.28. The van der Waals surface area contributed by atoms with Crippen molar-refractivity contribution < 1.29 is 9.53 Å². The van der Waals surface area contributed by atoms with E-state index in [0.717, 1.165) is 15.9 Å². The third-order valence-electron chi connectivity index (χ3n) is 4.22. The van der Waals surface area contributed by atoms with E-state index < -0.39 is 0 Å². The number of carbonyl (C=O) groups is 1. The standard InChI is InChI=1S/C16H22N2O2S/c1-3-20-16(19)14-10-13-11(2)17-18(15(13)21-14)12-8-6-4-5-7-9-12/h10,12H,3-9H2,1-2H3. The van der Waals surface area contributed by atoms with Crippen molar-refractivity contribution in [3.8, 4) is 0 Å². The molecule has 4 nitrogen and oxygen atoms in total. The summed E-state index contributed by atoms with van der Waals surface area (Å²) in [5, 5.41) is 5.84. The van der Waals surface area contributed by atoms with Crippen LogP contribution in [0.1, 0.15) is 66.9 Å². The van der Waals surface area contributed by atoms with Gasteiger partial charge >= 0.3 is 5.97 Å². The van der Waals surface area contributed by atoms with Gasteiger partial charge in [-0.25, -0.2) is 4.79 Å². The average molecular weight is 306 g/mol. The van der Waals surface area contributed by atoms with Gasteiger partial charge in [-0.2, -0.15) is 5.10 Å². The zero-order valence-electron chi connectivity index (χ0n) is 12.7. The molecule has 5 heteroatoms. The van der Waals surface area contributed by atoms with Crippen LogP contribution in [-0.4, -0.2) is 22.4 Å². The molecule has 0 aliphatic heterocycles. The van der Waals surface area contributed by atoms with Crippen LogP contribution in [0.25, 0.3) is 10.2 Å². The van der Waals surface area contributed by atoms with E-state index in [1.807, 2.05) is 19.9 Å². The van der Waals surface area contributed by atoms with E-state index in [1.165, 1.54) is 49.9 Å². The fourth-order valence-corrected chi connectivity index (χ4v) is 4.25. The van der Waals surface area contributed by atoms with Gasteiger partial charge < -0.3 is 4.74 Å². The van der Waals surface area contributed by atoms with E-state index in [1.54, 1.807) is 0 Å². The minimum absolute atomic E-state index is 0.217. The number of esters is 1.